The van der Waals surface area contributed by atoms with Gasteiger partial charge in [0.2, 0.25) is 5.91 Å². The number of nitrogens with zero attached hydrogens (tertiary/aromatic N) is 1. The molecule has 3 aromatic rings. The van der Waals surface area contributed by atoms with Gasteiger partial charge in [-0.15, -0.1) is 0 Å². The number of anilines is 2. The Morgan fingerprint density at radius 1 is 0.973 bits per heavy atom. The number of para-hydroxylation sites is 2. The minimum absolute atomic E-state index is 0.145. The van der Waals surface area contributed by atoms with Gasteiger partial charge in [-0.1, -0.05) is 48.5 Å². The fourth-order valence-electron chi connectivity index (χ4n) is 7.71. The average Bonchev–Trinajstić information content (AvgIpc) is 3.63. The summed E-state index contributed by atoms with van der Waals surface area (Å²) in [5.41, 5.74) is 1.52. The van der Waals surface area contributed by atoms with E-state index in [1.807, 2.05) is 49.4 Å². The second-order valence-electron chi connectivity index (χ2n) is 10.4. The van der Waals surface area contributed by atoms with Gasteiger partial charge in [0.25, 0.3) is 5.91 Å². The number of benzene rings is 3. The van der Waals surface area contributed by atoms with Crippen molar-refractivity contribution in [2.24, 2.45) is 5.92 Å². The normalized spacial score (nSPS) is 29.2. The molecule has 4 atom stereocenters. The van der Waals surface area contributed by atoms with Gasteiger partial charge >= 0.3 is 0 Å². The monoisotopic (exact) mass is 493 g/mol. The number of ether oxygens (including phenoxy) is 1. The zero-order chi connectivity index (χ0) is 25.5. The number of nitrogens with one attached hydrogen (secondary N) is 2. The molecule has 2 saturated heterocycles. The Morgan fingerprint density at radius 3 is 2.59 bits per heavy atom. The predicted molar refractivity (Wildman–Crippen MR) is 139 cm³/mol. The molecule has 7 nitrogen and oxygen atoms in total. The summed E-state index contributed by atoms with van der Waals surface area (Å²) in [5.74, 6) is -0.867. The van der Waals surface area contributed by atoms with Gasteiger partial charge in [-0.2, -0.15) is 0 Å². The maximum Gasteiger partial charge on any atom is 0.251 e. The SMILES string of the molecule is COc1cccc(C(=O)C2C3CCCN3C3(C(=O)Nc4c(C)cccc43)C23C(=O)Nc2ccccc23)c1. The van der Waals surface area contributed by atoms with E-state index in [4.69, 9.17) is 4.74 Å². The fraction of sp³-hybridized carbons (Fsp3) is 0.300. The van der Waals surface area contributed by atoms with Crippen molar-refractivity contribution in [3.63, 3.8) is 0 Å². The van der Waals surface area contributed by atoms with Crippen LogP contribution >= 0.6 is 0 Å². The summed E-state index contributed by atoms with van der Waals surface area (Å²) in [5, 5.41) is 6.21. The largest absolute Gasteiger partial charge is 0.497 e. The maximum atomic E-state index is 14.6. The van der Waals surface area contributed by atoms with Crippen molar-refractivity contribution in [1.29, 1.82) is 0 Å². The molecule has 0 aromatic heterocycles. The van der Waals surface area contributed by atoms with Crippen LogP contribution in [0.15, 0.2) is 66.7 Å². The molecule has 4 heterocycles. The average molecular weight is 494 g/mol. The van der Waals surface area contributed by atoms with E-state index in [1.165, 1.54) is 0 Å². The number of hydrogen-bond donors (Lipinski definition) is 2. The number of rotatable bonds is 3. The van der Waals surface area contributed by atoms with E-state index in [-0.39, 0.29) is 23.6 Å². The van der Waals surface area contributed by atoms with Crippen LogP contribution in [0.25, 0.3) is 0 Å². The van der Waals surface area contributed by atoms with Crippen molar-refractivity contribution in [3.8, 4) is 5.75 Å². The van der Waals surface area contributed by atoms with Crippen LogP contribution < -0.4 is 15.4 Å². The number of Topliss-reactive ketones (excluding diaryl/α,β-unsaturated/α-hetero) is 1. The molecule has 186 valence electrons. The van der Waals surface area contributed by atoms with E-state index in [0.29, 0.717) is 29.1 Å². The van der Waals surface area contributed by atoms with Crippen LogP contribution in [0.2, 0.25) is 0 Å². The predicted octanol–water partition coefficient (Wildman–Crippen LogP) is 4.02. The van der Waals surface area contributed by atoms with Gasteiger partial charge in [0.1, 0.15) is 16.7 Å². The van der Waals surface area contributed by atoms with Crippen molar-refractivity contribution >= 4 is 29.0 Å². The fourth-order valence-corrected chi connectivity index (χ4v) is 7.71. The zero-order valence-corrected chi connectivity index (χ0v) is 20.7. The Labute approximate surface area is 214 Å². The molecule has 4 aliphatic heterocycles. The topological polar surface area (TPSA) is 87.7 Å². The lowest BCUT2D eigenvalue weighted by Crippen LogP contribution is -2.62. The maximum absolute atomic E-state index is 14.6. The lowest BCUT2D eigenvalue weighted by molar-refractivity contribution is -0.137. The summed E-state index contributed by atoms with van der Waals surface area (Å²) in [7, 11) is 1.57. The molecule has 0 saturated carbocycles. The Morgan fingerprint density at radius 2 is 1.76 bits per heavy atom. The lowest BCUT2D eigenvalue weighted by atomic mass is 9.57. The van der Waals surface area contributed by atoms with Gasteiger partial charge in [0, 0.05) is 28.5 Å². The molecule has 37 heavy (non-hydrogen) atoms. The molecule has 0 bridgehead atoms. The minimum Gasteiger partial charge on any atom is -0.497 e. The second-order valence-corrected chi connectivity index (χ2v) is 10.4. The summed E-state index contributed by atoms with van der Waals surface area (Å²) < 4.78 is 5.41. The number of ketones is 1. The van der Waals surface area contributed by atoms with E-state index < -0.39 is 16.9 Å². The lowest BCUT2D eigenvalue weighted by Gasteiger charge is -2.43. The molecule has 2 amide bonds. The first kappa shape index (κ1) is 22.2. The highest BCUT2D eigenvalue weighted by Crippen LogP contribution is 2.68. The van der Waals surface area contributed by atoms with E-state index >= 15 is 0 Å². The molecule has 4 unspecified atom stereocenters. The zero-order valence-electron chi connectivity index (χ0n) is 20.7. The molecule has 3 aromatic carbocycles. The molecule has 0 aliphatic carbocycles. The number of methoxy groups -OCH3 is 1. The van der Waals surface area contributed by atoms with Crippen LogP contribution in [0, 0.1) is 12.8 Å². The van der Waals surface area contributed by atoms with Crippen LogP contribution in [-0.4, -0.2) is 42.2 Å². The Balaban J connectivity index is 1.58. The standard InChI is InChI=1S/C30H27N3O4/c1-17-8-5-12-21-25(17)32-28(36)30(21)29(20-11-3-4-13-22(20)31-27(29)35)24(23-14-7-15-33(23)30)26(34)18-9-6-10-19(16-18)37-2/h3-6,8-13,16,23-24H,7,14-15H2,1-2H3,(H,31,35)(H,32,36). The van der Waals surface area contributed by atoms with E-state index in [2.05, 4.69) is 15.5 Å². The number of carbonyl (C=O) groups is 3. The van der Waals surface area contributed by atoms with Gasteiger partial charge in [-0.25, -0.2) is 0 Å². The van der Waals surface area contributed by atoms with Crippen LogP contribution in [0.4, 0.5) is 11.4 Å². The molecule has 0 radical (unpaired) electrons. The van der Waals surface area contributed by atoms with Crippen molar-refractivity contribution < 1.29 is 19.1 Å². The first-order chi connectivity index (χ1) is 18.0. The van der Waals surface area contributed by atoms with E-state index in [9.17, 15) is 14.4 Å². The summed E-state index contributed by atoms with van der Waals surface area (Å²) in [6.45, 7) is 2.59. The number of carbonyl (C=O) groups excluding carboxylic acids is 3. The molecule has 7 heteroatoms. The summed E-state index contributed by atoms with van der Waals surface area (Å²) in [6, 6.07) is 20.2. The summed E-state index contributed by atoms with van der Waals surface area (Å²) >= 11 is 0. The van der Waals surface area contributed by atoms with Crippen LogP contribution in [0.5, 0.6) is 5.75 Å². The first-order valence-electron chi connectivity index (χ1n) is 12.7. The van der Waals surface area contributed by atoms with Crippen molar-refractivity contribution in [1.82, 2.24) is 4.90 Å². The van der Waals surface area contributed by atoms with Gasteiger partial charge < -0.3 is 15.4 Å². The number of fused-ring (bicyclic) bond motifs is 7. The first-order valence-corrected chi connectivity index (χ1v) is 12.7. The number of aryl methyl sites for hydroxylation is 1. The molecular weight excluding hydrogens is 466 g/mol. The third-order valence-electron chi connectivity index (χ3n) is 8.98. The third-order valence-corrected chi connectivity index (χ3v) is 8.98. The van der Waals surface area contributed by atoms with Crippen LogP contribution in [-0.2, 0) is 20.5 Å². The Kier molecular flexibility index (Phi) is 4.52. The molecule has 7 rings (SSSR count). The highest BCUT2D eigenvalue weighted by atomic mass is 16.5. The summed E-state index contributed by atoms with van der Waals surface area (Å²) in [6.07, 6.45) is 1.58. The van der Waals surface area contributed by atoms with Crippen LogP contribution in [0.3, 0.4) is 0 Å². The quantitative estimate of drug-likeness (QED) is 0.538. The van der Waals surface area contributed by atoms with Crippen molar-refractivity contribution in [3.05, 3.63) is 89.0 Å². The molecule has 2 N–H and O–H groups in total. The minimum atomic E-state index is -1.43. The number of amides is 2. The third kappa shape index (κ3) is 2.48. The Hall–Kier alpha value is -3.97. The molecule has 2 spiro atoms. The van der Waals surface area contributed by atoms with E-state index in [0.717, 1.165) is 29.7 Å². The molecule has 4 aliphatic rings. The summed E-state index contributed by atoms with van der Waals surface area (Å²) in [4.78, 5) is 45.6. The Bertz CT molecular complexity index is 1520. The van der Waals surface area contributed by atoms with Crippen molar-refractivity contribution in [2.45, 2.75) is 36.8 Å². The smallest absolute Gasteiger partial charge is 0.251 e. The molecule has 2 fully saturated rings. The van der Waals surface area contributed by atoms with E-state index in [1.54, 1.807) is 31.4 Å². The van der Waals surface area contributed by atoms with Gasteiger partial charge in [-0.3, -0.25) is 19.3 Å². The van der Waals surface area contributed by atoms with Gasteiger partial charge in [-0.05, 0) is 55.6 Å². The highest BCUT2D eigenvalue weighted by molar-refractivity contribution is 6.21. The van der Waals surface area contributed by atoms with Gasteiger partial charge in [0.05, 0.1) is 13.0 Å². The second kappa shape index (κ2) is 7.52. The number of hydrogen-bond acceptors (Lipinski definition) is 5. The van der Waals surface area contributed by atoms with Gasteiger partial charge in [0.15, 0.2) is 5.78 Å². The van der Waals surface area contributed by atoms with Crippen LogP contribution in [0.1, 0.15) is 39.9 Å². The van der Waals surface area contributed by atoms with Crippen molar-refractivity contribution in [2.75, 3.05) is 24.3 Å². The highest BCUT2D eigenvalue weighted by Gasteiger charge is 2.81. The molecular formula is C30H27N3O4.